The van der Waals surface area contributed by atoms with Gasteiger partial charge in [0.25, 0.3) is 0 Å². The van der Waals surface area contributed by atoms with Gasteiger partial charge in [-0.3, -0.25) is 0 Å². The maximum atomic E-state index is 14.2. The third kappa shape index (κ3) is 16.6. The topological polar surface area (TPSA) is 154 Å². The van der Waals surface area contributed by atoms with Crippen molar-refractivity contribution in [3.8, 4) is 11.5 Å². The van der Waals surface area contributed by atoms with Gasteiger partial charge in [-0.2, -0.15) is 0 Å². The molecule has 2 aliphatic rings. The molecule has 440 valence electrons. The number of para-hydroxylation sites is 2. The number of benzene rings is 8. The second-order valence-electron chi connectivity index (χ2n) is 20.4. The number of esters is 2. The van der Waals surface area contributed by atoms with E-state index >= 15 is 0 Å². The molecule has 8 aromatic rings. The molecule has 8 aromatic carbocycles. The zero-order chi connectivity index (χ0) is 58.4. The summed E-state index contributed by atoms with van der Waals surface area (Å²) in [6.45, 7) is 0.0549. The van der Waals surface area contributed by atoms with Crippen LogP contribution in [0.3, 0.4) is 0 Å². The van der Waals surface area contributed by atoms with Crippen LogP contribution in [0.25, 0.3) is 0 Å². The first-order valence-electron chi connectivity index (χ1n) is 28.4. The lowest BCUT2D eigenvalue weighted by molar-refractivity contribution is -0.393. The van der Waals surface area contributed by atoms with Gasteiger partial charge >= 0.3 is 11.9 Å². The second kappa shape index (κ2) is 31.2. The summed E-state index contributed by atoms with van der Waals surface area (Å²) in [6, 6.07) is 72.0. The van der Waals surface area contributed by atoms with Gasteiger partial charge in [-0.1, -0.05) is 206 Å². The van der Waals surface area contributed by atoms with Gasteiger partial charge in [0, 0.05) is 0 Å². The van der Waals surface area contributed by atoms with Crippen LogP contribution in [0.1, 0.15) is 54.1 Å². The highest BCUT2D eigenvalue weighted by atomic mass is 16.8. The van der Waals surface area contributed by atoms with Crippen LogP contribution in [-0.2, 0) is 91.7 Å². The quantitative estimate of drug-likeness (QED) is 0.0427. The second-order valence-corrected chi connectivity index (χ2v) is 20.4. The number of carbonyl (C=O) groups is 2. The van der Waals surface area contributed by atoms with Crippen molar-refractivity contribution >= 4 is 11.9 Å². The molecule has 0 aromatic heterocycles. The molecule has 0 amide bonds. The molecule has 2 heterocycles. The van der Waals surface area contributed by atoms with Gasteiger partial charge in [0.2, 0.25) is 0 Å². The van der Waals surface area contributed by atoms with Gasteiger partial charge in [0.1, 0.15) is 84.7 Å². The fourth-order valence-corrected chi connectivity index (χ4v) is 10.2. The van der Waals surface area contributed by atoms with E-state index in [4.69, 9.17) is 61.6 Å². The monoisotopic (exact) mass is 1150 g/mol. The van der Waals surface area contributed by atoms with Crippen molar-refractivity contribution in [3.05, 3.63) is 275 Å². The van der Waals surface area contributed by atoms with Gasteiger partial charge in [-0.05, 0) is 57.6 Å². The van der Waals surface area contributed by atoms with Crippen LogP contribution in [0.15, 0.2) is 231 Å². The summed E-state index contributed by atoms with van der Waals surface area (Å²) in [4.78, 5) is 28.3. The van der Waals surface area contributed by atoms with Gasteiger partial charge in [0.05, 0.1) is 53.9 Å². The van der Waals surface area contributed by atoms with Crippen molar-refractivity contribution in [2.75, 3.05) is 27.4 Å². The Morgan fingerprint density at radius 3 is 0.847 bits per heavy atom. The molecule has 85 heavy (non-hydrogen) atoms. The number of methoxy groups -OCH3 is 2. The first-order chi connectivity index (χ1) is 41.9. The maximum Gasteiger partial charge on any atom is 0.342 e. The van der Waals surface area contributed by atoms with Gasteiger partial charge < -0.3 is 61.6 Å². The van der Waals surface area contributed by atoms with E-state index in [0.717, 1.165) is 33.4 Å². The molecule has 0 spiro atoms. The highest BCUT2D eigenvalue weighted by Gasteiger charge is 2.55. The van der Waals surface area contributed by atoms with E-state index in [0.29, 0.717) is 11.5 Å². The lowest BCUT2D eigenvalue weighted by Gasteiger charge is -2.49. The van der Waals surface area contributed by atoms with E-state index in [1.54, 1.807) is 48.5 Å². The van der Waals surface area contributed by atoms with E-state index in [1.165, 1.54) is 14.2 Å². The van der Waals surface area contributed by atoms with Crippen LogP contribution in [0.4, 0.5) is 0 Å². The van der Waals surface area contributed by atoms with Gasteiger partial charge in [-0.25, -0.2) is 9.59 Å². The van der Waals surface area contributed by atoms with Crippen molar-refractivity contribution in [2.24, 2.45) is 0 Å². The number of ether oxygens (including phenoxy) is 13. The predicted molar refractivity (Wildman–Crippen MR) is 315 cm³/mol. The maximum absolute atomic E-state index is 14.2. The molecular formula is C70H70O15. The molecule has 0 aliphatic carbocycles. The Morgan fingerprint density at radius 2 is 0.565 bits per heavy atom. The minimum absolute atomic E-state index is 0.0952. The number of carbonyl (C=O) groups excluding carboxylic acids is 2. The molecule has 15 heteroatoms. The Labute approximate surface area is 496 Å². The number of hydrogen-bond acceptors (Lipinski definition) is 15. The summed E-state index contributed by atoms with van der Waals surface area (Å²) in [5.41, 5.74) is 5.68. The van der Waals surface area contributed by atoms with Crippen molar-refractivity contribution in [2.45, 2.75) is 101 Å². The summed E-state index contributed by atoms with van der Waals surface area (Å²) in [6.07, 6.45) is -10.9. The third-order valence-electron chi connectivity index (χ3n) is 14.6. The van der Waals surface area contributed by atoms with Crippen molar-refractivity contribution in [1.29, 1.82) is 0 Å². The fraction of sp³-hybridized carbons (Fsp3) is 0.286. The zero-order valence-electron chi connectivity index (χ0n) is 47.5. The highest BCUT2D eigenvalue weighted by molar-refractivity contribution is 5.93. The molecule has 15 nitrogen and oxygen atoms in total. The molecule has 0 radical (unpaired) electrons. The van der Waals surface area contributed by atoms with Crippen LogP contribution in [0, 0.1) is 0 Å². The molecular weight excluding hydrogens is 1080 g/mol. The van der Waals surface area contributed by atoms with E-state index in [9.17, 15) is 9.59 Å². The number of rotatable bonds is 28. The summed E-state index contributed by atoms with van der Waals surface area (Å²) < 4.78 is 87.3. The standard InChI is InChI=1S/C70H70O15/c1-73-57-39-23-21-37-55(57)67(71)81-47-59-61(75-41-49-25-9-3-10-26-49)63(77-43-51-29-13-5-14-30-51)65(79-45-53-33-17-7-18-34-53)69(83-59)85-70-66(80-46-54-35-19-8-20-36-54)64(78-44-52-31-15-6-16-32-52)62(76-42-50-27-11-4-12-28-50)60(84-70)48-82-68(72)56-38-22-24-40-58(56)74-2/h3-40,59-66,69-70H,41-48H2,1-2H3/t59-,60-,61-,62-,63+,64+,65-,66-,69-,70-/m1/s1. The van der Waals surface area contributed by atoms with Crippen LogP contribution < -0.4 is 9.47 Å². The van der Waals surface area contributed by atoms with Crippen LogP contribution in [-0.4, -0.2) is 101 Å². The van der Waals surface area contributed by atoms with E-state index in [1.807, 2.05) is 182 Å². The van der Waals surface area contributed by atoms with E-state index < -0.39 is 73.4 Å². The summed E-state index contributed by atoms with van der Waals surface area (Å²) in [5, 5.41) is 0. The van der Waals surface area contributed by atoms with Crippen molar-refractivity contribution < 1.29 is 71.2 Å². The minimum atomic E-state index is -1.38. The lowest BCUT2D eigenvalue weighted by Crippen LogP contribution is -2.66. The van der Waals surface area contributed by atoms with Gasteiger partial charge in [0.15, 0.2) is 12.6 Å². The first kappa shape index (κ1) is 60.1. The molecule has 0 saturated carbocycles. The Balaban J connectivity index is 1.07. The fourth-order valence-electron chi connectivity index (χ4n) is 10.2. The van der Waals surface area contributed by atoms with Crippen molar-refractivity contribution in [3.63, 3.8) is 0 Å². The summed E-state index contributed by atoms with van der Waals surface area (Å²) in [7, 11) is 2.98. The van der Waals surface area contributed by atoms with Crippen LogP contribution in [0.2, 0.25) is 0 Å². The van der Waals surface area contributed by atoms with Crippen LogP contribution >= 0.6 is 0 Å². The summed E-state index contributed by atoms with van der Waals surface area (Å²) >= 11 is 0. The Morgan fingerprint density at radius 1 is 0.318 bits per heavy atom. The first-order valence-corrected chi connectivity index (χ1v) is 28.4. The highest BCUT2D eigenvalue weighted by Crippen LogP contribution is 2.37. The molecule has 2 fully saturated rings. The lowest BCUT2D eigenvalue weighted by atomic mass is 9.96. The molecule has 10 rings (SSSR count). The third-order valence-corrected chi connectivity index (χ3v) is 14.6. The molecule has 0 bridgehead atoms. The predicted octanol–water partition coefficient (Wildman–Crippen LogP) is 11.7. The van der Waals surface area contributed by atoms with E-state index in [-0.39, 0.29) is 64.0 Å². The zero-order valence-corrected chi connectivity index (χ0v) is 47.5. The van der Waals surface area contributed by atoms with E-state index in [2.05, 4.69) is 0 Å². The van der Waals surface area contributed by atoms with Crippen molar-refractivity contribution in [1.82, 2.24) is 0 Å². The molecule has 10 atom stereocenters. The normalized spacial score (nSPS) is 22.0. The SMILES string of the molecule is COc1ccccc1C(=O)OC[C@H]1O[C@H](O[C@H]2O[C@H](COC(=O)c3ccccc3OC)[C@@H](OCc3ccccc3)[C@H](OCc3ccccc3)[C@H]2OCc2ccccc2)[C@H](OCc2ccccc2)[C@@H](OCc2ccccc2)[C@@H]1OCc1ccccc1. The smallest absolute Gasteiger partial charge is 0.342 e. The average Bonchev–Trinajstić information content (AvgIpc) is 3.07. The summed E-state index contributed by atoms with van der Waals surface area (Å²) in [5.74, 6) is -0.634. The molecule has 0 N–H and O–H groups in total. The molecule has 2 saturated heterocycles. The molecule has 0 unspecified atom stereocenters. The molecule has 2 aliphatic heterocycles. The Hall–Kier alpha value is -8.06. The van der Waals surface area contributed by atoms with Gasteiger partial charge in [-0.15, -0.1) is 0 Å². The largest absolute Gasteiger partial charge is 0.496 e. The Bertz CT molecular complexity index is 3030. The number of hydrogen-bond donors (Lipinski definition) is 0. The Kier molecular flexibility index (Phi) is 22.0. The van der Waals surface area contributed by atoms with Crippen LogP contribution in [0.5, 0.6) is 11.5 Å². The minimum Gasteiger partial charge on any atom is -0.496 e. The average molecular weight is 1150 g/mol.